The Bertz CT molecular complexity index is 17.8. The molecule has 0 saturated carbocycles. The molecule has 0 amide bonds. The van der Waals surface area contributed by atoms with Crippen LogP contribution in [0, 0.1) is 235 Å². The monoisotopic (exact) mass is 891 g/mol. The average molecular weight is 896 g/mol. The molecule has 0 rings (SSSR count). The van der Waals surface area contributed by atoms with Crippen molar-refractivity contribution in [2.75, 3.05) is 0 Å². The van der Waals surface area contributed by atoms with Crippen LogP contribution in [0.5, 0.6) is 0 Å². The van der Waals surface area contributed by atoms with E-state index in [-0.39, 0.29) is 252 Å². The van der Waals surface area contributed by atoms with Gasteiger partial charge in [0.05, 0.1) is 0 Å². The van der Waals surface area contributed by atoms with Crippen molar-refractivity contribution in [1.29, 1.82) is 0 Å². The molecule has 0 saturated heterocycles. The van der Waals surface area contributed by atoms with Crippen LogP contribution in [0.4, 0.5) is 0 Å². The summed E-state index contributed by atoms with van der Waals surface area (Å²) in [6.07, 6.45) is 0. The molecule has 0 spiro atoms. The van der Waals surface area contributed by atoms with Gasteiger partial charge in [-0.15, -0.1) is 0 Å². The molecule has 0 aromatic carbocycles. The fraction of sp³-hybridized carbons (Fsp3) is 0. The predicted octanol–water partition coefficient (Wildman–Crippen LogP) is -0.356. The Kier molecular flexibility index (Phi) is 442. The Morgan fingerprint density at radius 3 is 0.444 bits per heavy atom. The third kappa shape index (κ3) is 49.7. The summed E-state index contributed by atoms with van der Waals surface area (Å²) in [7, 11) is 0. The van der Waals surface area contributed by atoms with Gasteiger partial charge in [0, 0.05) is 153 Å². The first-order chi connectivity index (χ1) is 0. The molecule has 0 aliphatic heterocycles. The first-order valence-electron chi connectivity index (χ1n) is 0. The third-order valence-electron chi connectivity index (χ3n) is 0. The summed E-state index contributed by atoms with van der Waals surface area (Å²) >= 11 is 0. The summed E-state index contributed by atoms with van der Waals surface area (Å²) in [5.41, 5.74) is 0. The molecule has 0 bridgehead atoms. The van der Waals surface area contributed by atoms with Crippen LogP contribution in [-0.4, -0.2) is 0 Å². The summed E-state index contributed by atoms with van der Waals surface area (Å²) in [5, 5.41) is 0. The van der Waals surface area contributed by atoms with Crippen molar-refractivity contribution in [1.82, 2.24) is 0 Å². The molecule has 3 nitrogen and oxygen atoms in total. The largest absolute Gasteiger partial charge is 3.00 e. The van der Waals surface area contributed by atoms with Crippen molar-refractivity contribution < 1.29 is 252 Å². The van der Waals surface area contributed by atoms with Gasteiger partial charge in [-0.1, -0.05) is 0 Å². The van der Waals surface area contributed by atoms with Crippen LogP contribution < -0.4 is 0 Å². The molecule has 9 heavy (non-hydrogen) atoms. The first-order valence-corrected chi connectivity index (χ1v) is 0. The minimum Gasteiger partial charge on any atom is -2.00 e. The van der Waals surface area contributed by atoms with Crippen LogP contribution in [-0.2, 0) is 16.4 Å². The standard InChI is InChI=1S/2La.2Nd.3O.2Pr/q;;;;3*-2;2*+3. The van der Waals surface area contributed by atoms with Gasteiger partial charge in [0.25, 0.3) is 0 Å². The van der Waals surface area contributed by atoms with Gasteiger partial charge in [-0.2, -0.15) is 0 Å². The smallest absolute Gasteiger partial charge is 2.00 e. The molecular formula is La2Nd2O3Pr2. The van der Waals surface area contributed by atoms with Gasteiger partial charge in [-0.25, -0.2) is 0 Å². The third-order valence-corrected chi connectivity index (χ3v) is 0. The molecule has 9 heteroatoms. The van der Waals surface area contributed by atoms with Crippen LogP contribution in [0.3, 0.4) is 0 Å². The van der Waals surface area contributed by atoms with E-state index in [9.17, 15) is 0 Å². The van der Waals surface area contributed by atoms with E-state index in [1.165, 1.54) is 0 Å². The summed E-state index contributed by atoms with van der Waals surface area (Å²) in [5.74, 6) is 0. The van der Waals surface area contributed by atoms with Crippen molar-refractivity contribution >= 4 is 0 Å². The molecule has 0 aliphatic rings. The Labute approximate surface area is 243 Å². The topological polar surface area (TPSA) is 85.5 Å². The SMILES string of the molecule is [La].[La].[Nd].[Nd].[O-2].[O-2].[O-2].[Pr+3].[Pr+3]. The quantitative estimate of drug-likeness (QED) is 0.319. The molecular weight excluding hydrogens is 896 g/mol. The van der Waals surface area contributed by atoms with Crippen molar-refractivity contribution in [2.24, 2.45) is 0 Å². The van der Waals surface area contributed by atoms with E-state index in [0.717, 1.165) is 0 Å². The van der Waals surface area contributed by atoms with Crippen LogP contribution in [0.2, 0.25) is 0 Å². The van der Waals surface area contributed by atoms with Gasteiger partial charge in [-0.3, -0.25) is 0 Å². The second kappa shape index (κ2) is 57.2. The summed E-state index contributed by atoms with van der Waals surface area (Å²) in [6, 6.07) is 0. The maximum absolute atomic E-state index is 0. The Hall–Kier alpha value is 7.70. The van der Waals surface area contributed by atoms with Gasteiger partial charge in [0.2, 0.25) is 0 Å². The van der Waals surface area contributed by atoms with E-state index >= 15 is 0 Å². The number of hydrogen-bond acceptors (Lipinski definition) is 0. The van der Waals surface area contributed by atoms with E-state index in [4.69, 9.17) is 0 Å². The fourth-order valence-corrected chi connectivity index (χ4v) is 0. The molecule has 0 N–H and O–H groups in total. The van der Waals surface area contributed by atoms with Crippen LogP contribution in [0.1, 0.15) is 0 Å². The minimum atomic E-state index is 0. The van der Waals surface area contributed by atoms with E-state index in [1.54, 1.807) is 0 Å². The zero-order valence-corrected chi connectivity index (χ0v) is 25.6. The molecule has 38 valence electrons. The Morgan fingerprint density at radius 1 is 0.444 bits per heavy atom. The molecule has 0 aromatic rings. The second-order valence-corrected chi connectivity index (χ2v) is 0. The van der Waals surface area contributed by atoms with Crippen molar-refractivity contribution in [3.63, 3.8) is 0 Å². The first kappa shape index (κ1) is 69.4. The summed E-state index contributed by atoms with van der Waals surface area (Å²) < 4.78 is 0. The molecule has 0 unspecified atom stereocenters. The summed E-state index contributed by atoms with van der Waals surface area (Å²) in [4.78, 5) is 0. The van der Waals surface area contributed by atoms with Gasteiger partial charge in [0.15, 0.2) is 0 Å². The van der Waals surface area contributed by atoms with Gasteiger partial charge < -0.3 is 16.4 Å². The van der Waals surface area contributed by atoms with Gasteiger partial charge in [0.1, 0.15) is 0 Å². The second-order valence-electron chi connectivity index (χ2n) is 0. The van der Waals surface area contributed by atoms with Crippen molar-refractivity contribution in [3.05, 3.63) is 0 Å². The van der Waals surface area contributed by atoms with Crippen LogP contribution >= 0.6 is 0 Å². The summed E-state index contributed by atoms with van der Waals surface area (Å²) in [6.45, 7) is 0. The zero-order chi connectivity index (χ0) is 0. The fourth-order valence-electron chi connectivity index (χ4n) is 0. The maximum Gasteiger partial charge on any atom is 3.00 e. The maximum atomic E-state index is 0. The predicted molar refractivity (Wildman–Crippen MR) is 2.06 cm³/mol. The van der Waals surface area contributed by atoms with Crippen LogP contribution in [0.15, 0.2) is 0 Å². The molecule has 0 aliphatic carbocycles. The van der Waals surface area contributed by atoms with Crippen molar-refractivity contribution in [2.45, 2.75) is 0 Å². The number of hydrogen-bond donors (Lipinski definition) is 0. The molecule has 0 aromatic heterocycles. The number of rotatable bonds is 0. The molecule has 0 heterocycles. The molecule has 2 radical (unpaired) electrons. The Balaban J connectivity index is 0. The molecule has 0 fully saturated rings. The van der Waals surface area contributed by atoms with Gasteiger partial charge >= 0.3 is 82.6 Å². The van der Waals surface area contributed by atoms with E-state index in [0.29, 0.717) is 0 Å². The van der Waals surface area contributed by atoms with E-state index < -0.39 is 0 Å². The van der Waals surface area contributed by atoms with Gasteiger partial charge in [-0.05, 0) is 0 Å². The zero-order valence-electron chi connectivity index (χ0n) is 4.53. The van der Waals surface area contributed by atoms with Crippen molar-refractivity contribution in [3.8, 4) is 0 Å². The normalized spacial score (nSPS) is 0. The average Bonchev–Trinajstić information content (AvgIpc) is 0. The van der Waals surface area contributed by atoms with E-state index in [2.05, 4.69) is 0 Å². The minimum absolute atomic E-state index is 0. The Morgan fingerprint density at radius 2 is 0.444 bits per heavy atom. The molecule has 0 atom stereocenters. The van der Waals surface area contributed by atoms with Crippen LogP contribution in [0.25, 0.3) is 0 Å². The van der Waals surface area contributed by atoms with E-state index in [1.807, 2.05) is 0 Å².